The van der Waals surface area contributed by atoms with Crippen LogP contribution in [0.2, 0.25) is 0 Å². The molecule has 7 N–H and O–H groups in total. The molecule has 1 amide bonds. The second-order valence-electron chi connectivity index (χ2n) is 12.3. The number of hydrogen-bond donors (Lipinski definition) is 6. The van der Waals surface area contributed by atoms with Crippen LogP contribution in [0.25, 0.3) is 5.57 Å². The van der Waals surface area contributed by atoms with Gasteiger partial charge in [-0.1, -0.05) is 18.2 Å². The van der Waals surface area contributed by atoms with Crippen LogP contribution in [-0.4, -0.2) is 92.6 Å². The van der Waals surface area contributed by atoms with Gasteiger partial charge < -0.3 is 31.3 Å². The number of phenols is 1. The van der Waals surface area contributed by atoms with E-state index in [2.05, 4.69) is 11.0 Å². The number of aromatic hydroxyl groups is 1. The molecular formula is C31H37N3O7. The van der Waals surface area contributed by atoms with Crippen molar-refractivity contribution in [3.63, 3.8) is 0 Å². The van der Waals surface area contributed by atoms with Crippen molar-refractivity contribution >= 4 is 17.3 Å². The summed E-state index contributed by atoms with van der Waals surface area (Å²) in [4.78, 5) is 30.4. The first-order chi connectivity index (χ1) is 19.4. The Kier molecular flexibility index (Phi) is 6.65. The maximum atomic E-state index is 14.1. The Bertz CT molecular complexity index is 1460. The van der Waals surface area contributed by atoms with Gasteiger partial charge in [0.2, 0.25) is 5.79 Å². The number of primary amides is 1. The van der Waals surface area contributed by atoms with Crippen LogP contribution >= 0.6 is 0 Å². The van der Waals surface area contributed by atoms with Crippen molar-refractivity contribution in [2.75, 3.05) is 33.7 Å². The Hall–Kier alpha value is -3.44. The summed E-state index contributed by atoms with van der Waals surface area (Å²) in [5, 5.41) is 55.8. The molecule has 10 heteroatoms. The number of likely N-dealkylation sites (N-methyl/N-ethyl adjacent to an activating group) is 1. The number of carbonyl (C=O) groups excluding carboxylic acids is 2. The third kappa shape index (κ3) is 4.41. The van der Waals surface area contributed by atoms with Crippen molar-refractivity contribution in [3.8, 4) is 5.75 Å². The standard InChI is InChI=1S/C31H37N3O7/c1-33(2)26-19-6-5-17-13-20-18(16-9-11-34(12-10-16)14-15-3-4-15)7-8-21(35)23(20)27(36)22(17)28(37)24(19)31(40,41)25(29(26)38)30(32)39/h6-9,15,17,24,26,35,37-38,40-41H,3-5,10-14H2,1-2H3,(H2,32,39)/t17?,24?,26-/m0/s1. The van der Waals surface area contributed by atoms with Gasteiger partial charge in [0, 0.05) is 25.2 Å². The first-order valence-corrected chi connectivity index (χ1v) is 14.2. The van der Waals surface area contributed by atoms with E-state index in [-0.39, 0.29) is 28.9 Å². The van der Waals surface area contributed by atoms with Crippen molar-refractivity contribution < 1.29 is 35.1 Å². The number of allylic oxidation sites excluding steroid dienone is 2. The van der Waals surface area contributed by atoms with E-state index in [1.165, 1.54) is 18.9 Å². The summed E-state index contributed by atoms with van der Waals surface area (Å²) in [6.07, 6.45) is 7.92. The summed E-state index contributed by atoms with van der Waals surface area (Å²) in [6.45, 7) is 2.86. The van der Waals surface area contributed by atoms with Gasteiger partial charge in [-0.3, -0.25) is 19.4 Å². The number of amides is 1. The topological polar surface area (TPSA) is 168 Å². The summed E-state index contributed by atoms with van der Waals surface area (Å²) in [5.74, 6) is -7.69. The van der Waals surface area contributed by atoms with Crippen molar-refractivity contribution in [1.82, 2.24) is 9.80 Å². The number of phenolic OH excluding ortho intramolecular Hbond substituents is 1. The Balaban J connectivity index is 1.44. The SMILES string of the molecule is CN(C)[C@H]1C2=CCC3Cc4c(C5=CCN(CC6CC6)CC5)ccc(O)c4C(=O)C3=C(O)C2C(O)(O)C(C(N)=O)=C1O. The molecule has 1 heterocycles. The molecule has 1 aliphatic heterocycles. The third-order valence-corrected chi connectivity index (χ3v) is 9.36. The lowest BCUT2D eigenvalue weighted by molar-refractivity contribution is -0.170. The van der Waals surface area contributed by atoms with Crippen LogP contribution in [0.15, 0.2) is 52.5 Å². The highest BCUT2D eigenvalue weighted by atomic mass is 16.5. The van der Waals surface area contributed by atoms with Crippen LogP contribution in [0.1, 0.15) is 47.2 Å². The Labute approximate surface area is 238 Å². The summed E-state index contributed by atoms with van der Waals surface area (Å²) in [5.41, 5.74) is 7.66. The minimum atomic E-state index is -3.07. The molecule has 3 atom stereocenters. The minimum absolute atomic E-state index is 0.0374. The summed E-state index contributed by atoms with van der Waals surface area (Å²) in [7, 11) is 3.27. The average Bonchev–Trinajstić information content (AvgIpc) is 3.71. The van der Waals surface area contributed by atoms with Crippen molar-refractivity contribution in [2.24, 2.45) is 23.5 Å². The van der Waals surface area contributed by atoms with Crippen LogP contribution in [0, 0.1) is 17.8 Å². The van der Waals surface area contributed by atoms with Crippen LogP contribution in [0.4, 0.5) is 0 Å². The monoisotopic (exact) mass is 563 g/mol. The molecule has 218 valence electrons. The van der Waals surface area contributed by atoms with Gasteiger partial charge in [-0.15, -0.1) is 0 Å². The first kappa shape index (κ1) is 27.7. The van der Waals surface area contributed by atoms with Crippen molar-refractivity contribution in [2.45, 2.75) is 43.9 Å². The summed E-state index contributed by atoms with van der Waals surface area (Å²) < 4.78 is 0. The molecule has 0 saturated heterocycles. The van der Waals surface area contributed by atoms with Gasteiger partial charge in [0.25, 0.3) is 5.91 Å². The molecule has 6 rings (SSSR count). The van der Waals surface area contributed by atoms with E-state index in [1.807, 2.05) is 6.07 Å². The number of fused-ring (bicyclic) bond motifs is 3. The fraction of sp³-hybridized carbons (Fsp3) is 0.484. The molecule has 0 radical (unpaired) electrons. The molecule has 4 aliphatic carbocycles. The molecular weight excluding hydrogens is 526 g/mol. The van der Waals surface area contributed by atoms with E-state index in [0.717, 1.165) is 43.1 Å². The molecule has 0 bridgehead atoms. The lowest BCUT2D eigenvalue weighted by Gasteiger charge is -2.43. The zero-order valence-electron chi connectivity index (χ0n) is 23.3. The highest BCUT2D eigenvalue weighted by molar-refractivity contribution is 6.14. The molecule has 0 aromatic heterocycles. The molecule has 1 aromatic carbocycles. The molecule has 41 heavy (non-hydrogen) atoms. The lowest BCUT2D eigenvalue weighted by Crippen LogP contribution is -2.55. The van der Waals surface area contributed by atoms with Gasteiger partial charge in [0.15, 0.2) is 5.78 Å². The second-order valence-corrected chi connectivity index (χ2v) is 12.3. The minimum Gasteiger partial charge on any atom is -0.511 e. The number of benzene rings is 1. The number of aliphatic hydroxyl groups is 4. The lowest BCUT2D eigenvalue weighted by atomic mass is 9.71. The molecule has 1 fully saturated rings. The van der Waals surface area contributed by atoms with Crippen LogP contribution < -0.4 is 5.73 Å². The number of carbonyl (C=O) groups is 2. The quantitative estimate of drug-likeness (QED) is 0.232. The summed E-state index contributed by atoms with van der Waals surface area (Å²) >= 11 is 0. The number of aliphatic hydroxyl groups excluding tert-OH is 2. The predicted molar refractivity (Wildman–Crippen MR) is 151 cm³/mol. The smallest absolute Gasteiger partial charge is 0.253 e. The maximum absolute atomic E-state index is 14.1. The molecule has 1 saturated carbocycles. The molecule has 10 nitrogen and oxygen atoms in total. The zero-order chi connectivity index (χ0) is 29.4. The number of Topliss-reactive ketones (excluding diaryl/α,β-unsaturated/α-hetero) is 1. The second kappa shape index (κ2) is 9.84. The number of ketones is 1. The van der Waals surface area contributed by atoms with Crippen LogP contribution in [0.3, 0.4) is 0 Å². The third-order valence-electron chi connectivity index (χ3n) is 9.36. The van der Waals surface area contributed by atoms with E-state index in [4.69, 9.17) is 5.73 Å². The fourth-order valence-corrected chi connectivity index (χ4v) is 7.26. The van der Waals surface area contributed by atoms with Gasteiger partial charge in [-0.25, -0.2) is 0 Å². The van der Waals surface area contributed by atoms with Crippen molar-refractivity contribution in [3.05, 3.63) is 69.2 Å². The molecule has 0 spiro atoms. The summed E-state index contributed by atoms with van der Waals surface area (Å²) in [6, 6.07) is 2.37. The fourth-order valence-electron chi connectivity index (χ4n) is 7.26. The Morgan fingerprint density at radius 1 is 1.12 bits per heavy atom. The van der Waals surface area contributed by atoms with Gasteiger partial charge >= 0.3 is 0 Å². The highest BCUT2D eigenvalue weighted by Crippen LogP contribution is 2.50. The molecule has 2 unspecified atom stereocenters. The van der Waals surface area contributed by atoms with Gasteiger partial charge in [0.05, 0.1) is 17.5 Å². The normalized spacial score (nSPS) is 28.0. The number of nitrogens with zero attached hydrogens (tertiary/aromatic N) is 2. The molecule has 5 aliphatic rings. The van der Waals surface area contributed by atoms with Gasteiger partial charge in [-0.2, -0.15) is 0 Å². The predicted octanol–water partition coefficient (Wildman–Crippen LogP) is 1.93. The number of rotatable bonds is 5. The van der Waals surface area contributed by atoms with E-state index in [9.17, 15) is 35.1 Å². The van der Waals surface area contributed by atoms with Crippen molar-refractivity contribution in [1.29, 1.82) is 0 Å². The maximum Gasteiger partial charge on any atom is 0.253 e. The van der Waals surface area contributed by atoms with E-state index in [1.54, 1.807) is 25.1 Å². The van der Waals surface area contributed by atoms with Gasteiger partial charge in [-0.05, 0) is 86.4 Å². The Morgan fingerprint density at radius 3 is 2.46 bits per heavy atom. The van der Waals surface area contributed by atoms with Gasteiger partial charge in [0.1, 0.15) is 22.8 Å². The van der Waals surface area contributed by atoms with Crippen LogP contribution in [0.5, 0.6) is 5.75 Å². The van der Waals surface area contributed by atoms with Crippen LogP contribution in [-0.2, 0) is 11.2 Å². The number of hydrogen-bond acceptors (Lipinski definition) is 9. The number of nitrogens with two attached hydrogens (primary N) is 1. The van der Waals surface area contributed by atoms with E-state index >= 15 is 0 Å². The Morgan fingerprint density at radius 2 is 1.85 bits per heavy atom. The largest absolute Gasteiger partial charge is 0.511 e. The first-order valence-electron chi connectivity index (χ1n) is 14.2. The highest BCUT2D eigenvalue weighted by Gasteiger charge is 2.56. The zero-order valence-corrected chi connectivity index (χ0v) is 23.3. The average molecular weight is 564 g/mol. The molecule has 1 aromatic rings. The van der Waals surface area contributed by atoms with E-state index in [0.29, 0.717) is 12.0 Å². The van der Waals surface area contributed by atoms with E-state index < -0.39 is 52.4 Å².